The number of aliphatic hydroxyl groups is 8. The lowest BCUT2D eigenvalue weighted by atomic mass is 9.96. The zero-order chi connectivity index (χ0) is 29.9. The van der Waals surface area contributed by atoms with Crippen molar-refractivity contribution in [1.29, 1.82) is 0 Å². The summed E-state index contributed by atoms with van der Waals surface area (Å²) in [5.41, 5.74) is -3.25. The number of phosphoric ester groups is 1. The summed E-state index contributed by atoms with van der Waals surface area (Å²) in [5, 5.41) is 89.0. The Balaban J connectivity index is 2.08. The van der Waals surface area contributed by atoms with Crippen molar-refractivity contribution in [3.8, 4) is 0 Å². The average molecular weight is 596 g/mol. The summed E-state index contributed by atoms with van der Waals surface area (Å²) in [6, 6.07) is 0. The molecular formula is C18H29O20P. The number of phosphoric acid groups is 1. The van der Waals surface area contributed by atoms with E-state index in [0.29, 0.717) is 0 Å². The third kappa shape index (κ3) is 7.86. The van der Waals surface area contributed by atoms with Crippen molar-refractivity contribution < 1.29 is 98.2 Å². The first-order valence-electron chi connectivity index (χ1n) is 10.9. The van der Waals surface area contributed by atoms with E-state index in [1.54, 1.807) is 0 Å². The molecule has 10 atom stereocenters. The molecule has 0 aromatic heterocycles. The van der Waals surface area contributed by atoms with Crippen LogP contribution in [0.15, 0.2) is 0 Å². The number of aliphatic carboxylic acids is 1. The zero-order valence-corrected chi connectivity index (χ0v) is 20.6. The number of esters is 1. The normalized spacial score (nSPS) is 36.7. The molecule has 0 saturated carbocycles. The lowest BCUT2D eigenvalue weighted by molar-refractivity contribution is -0.383. The molecule has 1 unspecified atom stereocenters. The number of carbonyl (C=O) groups excluding carboxylic acids is 2. The van der Waals surface area contributed by atoms with Crippen LogP contribution in [-0.4, -0.2) is 154 Å². The van der Waals surface area contributed by atoms with E-state index in [1.807, 2.05) is 0 Å². The van der Waals surface area contributed by atoms with E-state index in [9.17, 15) is 59.8 Å². The summed E-state index contributed by atoms with van der Waals surface area (Å²) in [5.74, 6) is -8.07. The quantitative estimate of drug-likeness (QED) is 0.0736. The van der Waals surface area contributed by atoms with Crippen LogP contribution < -0.4 is 0 Å². The van der Waals surface area contributed by atoms with Crippen molar-refractivity contribution in [3.05, 3.63) is 0 Å². The van der Waals surface area contributed by atoms with Crippen molar-refractivity contribution in [2.45, 2.75) is 73.2 Å². The van der Waals surface area contributed by atoms with Crippen LogP contribution in [0.3, 0.4) is 0 Å². The second kappa shape index (κ2) is 12.7. The molecule has 39 heavy (non-hydrogen) atoms. The van der Waals surface area contributed by atoms with E-state index >= 15 is 0 Å². The fraction of sp³-hybridized carbons (Fsp3) is 0.833. The number of aliphatic hydroxyl groups excluding tert-OH is 7. The first-order valence-corrected chi connectivity index (χ1v) is 12.4. The van der Waals surface area contributed by atoms with Crippen molar-refractivity contribution in [3.63, 3.8) is 0 Å². The van der Waals surface area contributed by atoms with Gasteiger partial charge in [-0.05, 0) is 0 Å². The number of hydrogen-bond donors (Lipinski definition) is 11. The SMILES string of the molecule is O=C(CC(O)(CC(=O)OP(=O)(O)O)C(=O)O)OC[C@H]1O[C@H](O[C@]2(CO)O[C@H](CO)[C@@H](O)[C@@H]2O)[C@H](O)[C@@H](O)[C@@H]1O. The van der Waals surface area contributed by atoms with E-state index in [4.69, 9.17) is 33.8 Å². The molecule has 20 nitrogen and oxygen atoms in total. The van der Waals surface area contributed by atoms with Crippen LogP contribution >= 0.6 is 7.82 Å². The summed E-state index contributed by atoms with van der Waals surface area (Å²) in [6.45, 7) is -2.99. The highest BCUT2D eigenvalue weighted by Crippen LogP contribution is 2.38. The maximum atomic E-state index is 12.2. The highest BCUT2D eigenvalue weighted by atomic mass is 31.2. The molecule has 2 heterocycles. The maximum absolute atomic E-state index is 12.2. The lowest BCUT2D eigenvalue weighted by Gasteiger charge is -2.43. The summed E-state index contributed by atoms with van der Waals surface area (Å²) in [7, 11) is -5.40. The number of hydrogen-bond acceptors (Lipinski definition) is 17. The van der Waals surface area contributed by atoms with Crippen molar-refractivity contribution in [2.75, 3.05) is 19.8 Å². The van der Waals surface area contributed by atoms with Crippen LogP contribution in [0, 0.1) is 0 Å². The van der Waals surface area contributed by atoms with Gasteiger partial charge in [0.2, 0.25) is 5.79 Å². The molecule has 0 aliphatic carbocycles. The van der Waals surface area contributed by atoms with E-state index < -0.39 is 119 Å². The molecule has 0 amide bonds. The molecule has 0 bridgehead atoms. The predicted octanol–water partition coefficient (Wildman–Crippen LogP) is -6.61. The maximum Gasteiger partial charge on any atom is 0.526 e. The third-order valence-corrected chi connectivity index (χ3v) is 6.23. The monoisotopic (exact) mass is 596 g/mol. The topological polar surface area (TPSA) is 337 Å². The van der Waals surface area contributed by atoms with Crippen molar-refractivity contribution in [1.82, 2.24) is 0 Å². The Morgan fingerprint density at radius 1 is 0.897 bits per heavy atom. The zero-order valence-electron chi connectivity index (χ0n) is 19.7. The van der Waals surface area contributed by atoms with E-state index in [-0.39, 0.29) is 0 Å². The summed E-state index contributed by atoms with van der Waals surface area (Å²) in [4.78, 5) is 52.2. The molecule has 0 aromatic carbocycles. The van der Waals surface area contributed by atoms with Crippen LogP contribution in [0.4, 0.5) is 0 Å². The van der Waals surface area contributed by atoms with Crippen molar-refractivity contribution >= 4 is 25.7 Å². The van der Waals surface area contributed by atoms with Gasteiger partial charge in [0.25, 0.3) is 0 Å². The van der Waals surface area contributed by atoms with Crippen LogP contribution in [0.2, 0.25) is 0 Å². The Bertz CT molecular complexity index is 940. The van der Waals surface area contributed by atoms with E-state index in [2.05, 4.69) is 4.52 Å². The van der Waals surface area contributed by atoms with Gasteiger partial charge >= 0.3 is 25.7 Å². The molecule has 11 N–H and O–H groups in total. The second-order valence-corrected chi connectivity index (χ2v) is 9.87. The summed E-state index contributed by atoms with van der Waals surface area (Å²) in [6.07, 6.45) is -18.2. The Kier molecular flexibility index (Phi) is 10.9. The molecule has 226 valence electrons. The molecule has 2 saturated heterocycles. The third-order valence-electron chi connectivity index (χ3n) is 5.79. The van der Waals surface area contributed by atoms with Crippen LogP contribution in [-0.2, 0) is 42.4 Å². The van der Waals surface area contributed by atoms with E-state index in [0.717, 1.165) is 0 Å². The summed E-state index contributed by atoms with van der Waals surface area (Å²) >= 11 is 0. The van der Waals surface area contributed by atoms with Gasteiger partial charge in [0.1, 0.15) is 55.9 Å². The molecule has 0 spiro atoms. The molecule has 2 aliphatic rings. The largest absolute Gasteiger partial charge is 0.526 e. The molecule has 0 aromatic rings. The van der Waals surface area contributed by atoms with Crippen LogP contribution in [0.5, 0.6) is 0 Å². The van der Waals surface area contributed by atoms with Gasteiger partial charge in [0.15, 0.2) is 11.9 Å². The Morgan fingerprint density at radius 2 is 1.49 bits per heavy atom. The molecule has 0 radical (unpaired) electrons. The first-order chi connectivity index (χ1) is 17.9. The smallest absolute Gasteiger partial charge is 0.479 e. The Labute approximate surface area is 217 Å². The van der Waals surface area contributed by atoms with Gasteiger partial charge in [0, 0.05) is 0 Å². The van der Waals surface area contributed by atoms with Gasteiger partial charge in [-0.3, -0.25) is 19.4 Å². The standard InChI is InChI=1S/C18H29O20P/c19-3-6-11(24)14(27)18(5-20,36-6)37-15-13(26)12(25)10(23)7(35-15)4-34-8(21)1-17(30,16(28)29)2-9(22)38-39(31,32)33/h6-7,10-15,19-20,23-27,30H,1-5H2,(H,28,29)(H2,31,32,33)/t6-,7-,10-,11-,12+,13-,14+,15-,17?,18+/m1/s1. The number of carboxylic acids is 1. The molecule has 2 rings (SSSR count). The van der Waals surface area contributed by atoms with E-state index in [1.165, 1.54) is 0 Å². The number of carbonyl (C=O) groups is 3. The molecule has 21 heteroatoms. The highest BCUT2D eigenvalue weighted by molar-refractivity contribution is 7.46. The van der Waals surface area contributed by atoms with Gasteiger partial charge in [-0.15, -0.1) is 0 Å². The van der Waals surface area contributed by atoms with Crippen LogP contribution in [0.25, 0.3) is 0 Å². The molecule has 2 aliphatic heterocycles. The average Bonchev–Trinajstić information content (AvgIpc) is 3.07. The minimum atomic E-state index is -5.40. The fourth-order valence-corrected chi connectivity index (χ4v) is 4.03. The van der Waals surface area contributed by atoms with Gasteiger partial charge in [-0.25, -0.2) is 9.36 Å². The highest BCUT2D eigenvalue weighted by Gasteiger charge is 2.58. The number of ether oxygens (including phenoxy) is 4. The lowest BCUT2D eigenvalue weighted by Crippen LogP contribution is -2.63. The van der Waals surface area contributed by atoms with Crippen LogP contribution in [0.1, 0.15) is 12.8 Å². The van der Waals surface area contributed by atoms with Crippen molar-refractivity contribution in [2.24, 2.45) is 0 Å². The van der Waals surface area contributed by atoms with Gasteiger partial charge in [0.05, 0.1) is 19.4 Å². The van der Waals surface area contributed by atoms with Gasteiger partial charge < -0.3 is 69.4 Å². The summed E-state index contributed by atoms with van der Waals surface area (Å²) < 4.78 is 34.7. The minimum absolute atomic E-state index is 0.822. The van der Waals surface area contributed by atoms with Gasteiger partial charge in [-0.1, -0.05) is 0 Å². The second-order valence-electron chi connectivity index (χ2n) is 8.70. The Hall–Kier alpha value is -1.88. The van der Waals surface area contributed by atoms with Gasteiger partial charge in [-0.2, -0.15) is 0 Å². The fourth-order valence-electron chi connectivity index (χ4n) is 3.70. The molecule has 2 fully saturated rings. The molecular weight excluding hydrogens is 567 g/mol. The predicted molar refractivity (Wildman–Crippen MR) is 112 cm³/mol. The Morgan fingerprint density at radius 3 is 1.97 bits per heavy atom. The first kappa shape index (κ1) is 33.3. The minimum Gasteiger partial charge on any atom is -0.479 e. The number of rotatable bonds is 12. The number of carboxylic acid groups (broad SMARTS) is 1.